The summed E-state index contributed by atoms with van der Waals surface area (Å²) in [6.07, 6.45) is 1.97. The summed E-state index contributed by atoms with van der Waals surface area (Å²) in [5, 5.41) is 0. The largest absolute Gasteiger partial charge is 0.483 e. The summed E-state index contributed by atoms with van der Waals surface area (Å²) in [6.45, 7) is 2.18. The van der Waals surface area contributed by atoms with Crippen LogP contribution in [0.2, 0.25) is 0 Å². The van der Waals surface area contributed by atoms with Gasteiger partial charge in [-0.3, -0.25) is 0 Å². The minimum Gasteiger partial charge on any atom is -0.483 e. The molecule has 0 N–H and O–H groups in total. The molecule has 0 saturated heterocycles. The van der Waals surface area contributed by atoms with E-state index in [-0.39, 0.29) is 5.97 Å². The summed E-state index contributed by atoms with van der Waals surface area (Å²) in [4.78, 5) is 11.3. The van der Waals surface area contributed by atoms with Crippen molar-refractivity contribution in [3.8, 4) is 5.75 Å². The highest BCUT2D eigenvalue weighted by molar-refractivity contribution is 7.98. The van der Waals surface area contributed by atoms with Crippen LogP contribution in [-0.4, -0.2) is 24.8 Å². The molecule has 1 aromatic carbocycles. The zero-order chi connectivity index (χ0) is 11.1. The lowest BCUT2D eigenvalue weighted by Crippen LogP contribution is -2.04. The maximum atomic E-state index is 11.3. The number of hydrogen-bond donors (Lipinski definition) is 0. The summed E-state index contributed by atoms with van der Waals surface area (Å²) < 4.78 is 10.2. The van der Waals surface area contributed by atoms with Crippen LogP contribution in [0.5, 0.6) is 5.75 Å². The zero-order valence-electron chi connectivity index (χ0n) is 8.86. The Hall–Kier alpha value is -1.16. The first kappa shape index (κ1) is 11.9. The second-order valence-electron chi connectivity index (χ2n) is 2.80. The average molecular weight is 226 g/mol. The summed E-state index contributed by atoms with van der Waals surface area (Å²) in [5.41, 5.74) is 0.549. The molecule has 0 aliphatic carbocycles. The molecule has 0 unspecified atom stereocenters. The highest BCUT2D eigenvalue weighted by Gasteiger charge is 2.05. The van der Waals surface area contributed by atoms with Crippen LogP contribution in [0, 0.1) is 0 Å². The third kappa shape index (κ3) is 3.83. The number of benzene rings is 1. The Balaban J connectivity index is 2.59. The van der Waals surface area contributed by atoms with Gasteiger partial charge < -0.3 is 9.47 Å². The number of carbonyl (C=O) groups is 1. The molecular formula is C11H14O3S. The highest BCUT2D eigenvalue weighted by atomic mass is 32.2. The Morgan fingerprint density at radius 1 is 1.33 bits per heavy atom. The molecule has 0 saturated carbocycles. The van der Waals surface area contributed by atoms with Gasteiger partial charge in [-0.15, -0.1) is 11.8 Å². The first-order valence-corrected chi connectivity index (χ1v) is 6.06. The molecule has 0 amide bonds. The van der Waals surface area contributed by atoms with Crippen LogP contribution in [0.15, 0.2) is 24.3 Å². The smallest absolute Gasteiger partial charge is 0.338 e. The molecule has 4 heteroatoms. The quantitative estimate of drug-likeness (QED) is 0.571. The Morgan fingerprint density at radius 2 is 2.00 bits per heavy atom. The SMILES string of the molecule is CCOC(=O)c1ccc(OCSC)cc1. The Labute approximate surface area is 93.8 Å². The lowest BCUT2D eigenvalue weighted by atomic mass is 10.2. The van der Waals surface area contributed by atoms with Crippen LogP contribution < -0.4 is 4.74 Å². The van der Waals surface area contributed by atoms with E-state index in [1.165, 1.54) is 0 Å². The molecule has 1 aromatic rings. The van der Waals surface area contributed by atoms with Gasteiger partial charge in [0.2, 0.25) is 0 Å². The van der Waals surface area contributed by atoms with E-state index in [0.717, 1.165) is 5.75 Å². The first-order valence-electron chi connectivity index (χ1n) is 4.67. The van der Waals surface area contributed by atoms with E-state index >= 15 is 0 Å². The topological polar surface area (TPSA) is 35.5 Å². The van der Waals surface area contributed by atoms with E-state index in [0.29, 0.717) is 18.1 Å². The molecule has 0 bridgehead atoms. The fourth-order valence-corrected chi connectivity index (χ4v) is 1.28. The fraction of sp³-hybridized carbons (Fsp3) is 0.364. The molecule has 15 heavy (non-hydrogen) atoms. The maximum Gasteiger partial charge on any atom is 0.338 e. The van der Waals surface area contributed by atoms with Gasteiger partial charge in [0.25, 0.3) is 0 Å². The summed E-state index contributed by atoms with van der Waals surface area (Å²) in [6, 6.07) is 6.94. The van der Waals surface area contributed by atoms with Crippen LogP contribution in [-0.2, 0) is 4.74 Å². The molecule has 0 heterocycles. The van der Waals surface area contributed by atoms with Crippen molar-refractivity contribution in [1.29, 1.82) is 0 Å². The summed E-state index contributed by atoms with van der Waals surface area (Å²) in [7, 11) is 0. The predicted octanol–water partition coefficient (Wildman–Crippen LogP) is 2.56. The Morgan fingerprint density at radius 3 is 2.53 bits per heavy atom. The van der Waals surface area contributed by atoms with Crippen LogP contribution in [0.3, 0.4) is 0 Å². The number of esters is 1. The molecule has 0 spiro atoms. The van der Waals surface area contributed by atoms with Crippen molar-refractivity contribution in [3.63, 3.8) is 0 Å². The lowest BCUT2D eigenvalue weighted by Gasteiger charge is -2.05. The van der Waals surface area contributed by atoms with Crippen molar-refractivity contribution in [1.82, 2.24) is 0 Å². The molecule has 3 nitrogen and oxygen atoms in total. The van der Waals surface area contributed by atoms with Gasteiger partial charge in [-0.25, -0.2) is 4.79 Å². The van der Waals surface area contributed by atoms with Crippen LogP contribution >= 0.6 is 11.8 Å². The summed E-state index contributed by atoms with van der Waals surface area (Å²) in [5.74, 6) is 1.07. The van der Waals surface area contributed by atoms with Crippen molar-refractivity contribution < 1.29 is 14.3 Å². The number of carbonyl (C=O) groups excluding carboxylic acids is 1. The normalized spacial score (nSPS) is 9.73. The maximum absolute atomic E-state index is 11.3. The van der Waals surface area contributed by atoms with Crippen molar-refractivity contribution in [2.24, 2.45) is 0 Å². The van der Waals surface area contributed by atoms with E-state index < -0.39 is 0 Å². The van der Waals surface area contributed by atoms with Gasteiger partial charge in [-0.2, -0.15) is 0 Å². The van der Waals surface area contributed by atoms with Crippen LogP contribution in [0.1, 0.15) is 17.3 Å². The number of rotatable bonds is 5. The second kappa shape index (κ2) is 6.35. The predicted molar refractivity (Wildman–Crippen MR) is 61.4 cm³/mol. The summed E-state index contributed by atoms with van der Waals surface area (Å²) >= 11 is 1.60. The minimum absolute atomic E-state index is 0.297. The second-order valence-corrected chi connectivity index (χ2v) is 3.61. The van der Waals surface area contributed by atoms with Crippen molar-refractivity contribution in [3.05, 3.63) is 29.8 Å². The van der Waals surface area contributed by atoms with E-state index in [2.05, 4.69) is 0 Å². The Kier molecular flexibility index (Phi) is 5.04. The highest BCUT2D eigenvalue weighted by Crippen LogP contribution is 2.14. The van der Waals surface area contributed by atoms with Crippen molar-refractivity contribution in [2.45, 2.75) is 6.92 Å². The lowest BCUT2D eigenvalue weighted by molar-refractivity contribution is 0.0526. The van der Waals surface area contributed by atoms with Crippen LogP contribution in [0.25, 0.3) is 0 Å². The van der Waals surface area contributed by atoms with E-state index in [4.69, 9.17) is 9.47 Å². The molecule has 0 aromatic heterocycles. The van der Waals surface area contributed by atoms with Gasteiger partial charge in [0.15, 0.2) is 0 Å². The van der Waals surface area contributed by atoms with E-state index in [1.54, 1.807) is 43.0 Å². The standard InChI is InChI=1S/C11H14O3S/c1-3-13-11(12)9-4-6-10(7-5-9)14-8-15-2/h4-7H,3,8H2,1-2H3. The molecule has 1 rings (SSSR count). The molecule has 0 radical (unpaired) electrons. The van der Waals surface area contributed by atoms with Gasteiger partial charge in [0.1, 0.15) is 11.7 Å². The van der Waals surface area contributed by atoms with Gasteiger partial charge in [-0.1, -0.05) is 0 Å². The first-order chi connectivity index (χ1) is 7.27. The molecule has 82 valence electrons. The van der Waals surface area contributed by atoms with Gasteiger partial charge >= 0.3 is 5.97 Å². The zero-order valence-corrected chi connectivity index (χ0v) is 9.67. The third-order valence-electron chi connectivity index (χ3n) is 1.71. The van der Waals surface area contributed by atoms with Crippen LogP contribution in [0.4, 0.5) is 0 Å². The molecule has 0 fully saturated rings. The van der Waals surface area contributed by atoms with Gasteiger partial charge in [0.05, 0.1) is 12.2 Å². The monoisotopic (exact) mass is 226 g/mol. The molecule has 0 atom stereocenters. The number of hydrogen-bond acceptors (Lipinski definition) is 4. The van der Waals surface area contributed by atoms with Gasteiger partial charge in [0, 0.05) is 0 Å². The van der Waals surface area contributed by atoms with Crippen molar-refractivity contribution in [2.75, 3.05) is 18.8 Å². The third-order valence-corrected chi connectivity index (χ3v) is 2.06. The number of thioether (sulfide) groups is 1. The number of ether oxygens (including phenoxy) is 2. The van der Waals surface area contributed by atoms with E-state index in [1.807, 2.05) is 6.26 Å². The average Bonchev–Trinajstić information content (AvgIpc) is 2.27. The molecule has 0 aliphatic rings. The minimum atomic E-state index is -0.297. The molecule has 0 aliphatic heterocycles. The van der Waals surface area contributed by atoms with Gasteiger partial charge in [-0.05, 0) is 37.4 Å². The van der Waals surface area contributed by atoms with E-state index in [9.17, 15) is 4.79 Å². The fourth-order valence-electron chi connectivity index (χ4n) is 1.03. The van der Waals surface area contributed by atoms with Crippen molar-refractivity contribution >= 4 is 17.7 Å². The molecular weight excluding hydrogens is 212 g/mol. The Bertz CT molecular complexity index is 308.